The number of rotatable bonds is 6. The van der Waals surface area contributed by atoms with E-state index in [1.165, 1.54) is 6.42 Å². The molecule has 3 N–H and O–H groups in total. The summed E-state index contributed by atoms with van der Waals surface area (Å²) in [5.41, 5.74) is 5.08. The summed E-state index contributed by atoms with van der Waals surface area (Å²) in [7, 11) is 0. The van der Waals surface area contributed by atoms with Crippen LogP contribution in [0.5, 0.6) is 0 Å². The lowest BCUT2D eigenvalue weighted by atomic mass is 10.00. The summed E-state index contributed by atoms with van der Waals surface area (Å²) in [4.78, 5) is 10.6. The minimum atomic E-state index is -0.236. The first kappa shape index (κ1) is 12.5. The fourth-order valence-electron chi connectivity index (χ4n) is 1.99. The Morgan fingerprint density at radius 3 is 3.07 bits per heavy atom. The number of carbonyl (C=O) groups is 1. The summed E-state index contributed by atoms with van der Waals surface area (Å²) in [6.45, 7) is 3.70. The van der Waals surface area contributed by atoms with Crippen LogP contribution in [0.2, 0.25) is 0 Å². The summed E-state index contributed by atoms with van der Waals surface area (Å²) >= 11 is 0. The van der Waals surface area contributed by atoms with Crippen molar-refractivity contribution in [3.8, 4) is 0 Å². The van der Waals surface area contributed by atoms with E-state index in [9.17, 15) is 4.79 Å². The van der Waals surface area contributed by atoms with Crippen LogP contribution in [0.1, 0.15) is 39.0 Å². The van der Waals surface area contributed by atoms with Gasteiger partial charge in [0.15, 0.2) is 0 Å². The molecule has 1 heterocycles. The van der Waals surface area contributed by atoms with Crippen molar-refractivity contribution >= 4 is 5.91 Å². The molecule has 1 rings (SSSR count). The summed E-state index contributed by atoms with van der Waals surface area (Å²) in [6, 6.07) is 0.495. The molecule has 88 valence electrons. The second-order valence-electron chi connectivity index (χ2n) is 4.17. The van der Waals surface area contributed by atoms with Crippen molar-refractivity contribution in [3.05, 3.63) is 0 Å². The molecule has 0 saturated carbocycles. The standard InChI is InChI=1S/C11H22N2O2/c1-2-3-10-8-9(5-7-15-10)13-6-4-11(12)14/h9-10,13H,2-8H2,1H3,(H2,12,14). The quantitative estimate of drug-likeness (QED) is 0.687. The third kappa shape index (κ3) is 5.14. The van der Waals surface area contributed by atoms with Crippen LogP contribution in [0.4, 0.5) is 0 Å². The Balaban J connectivity index is 2.15. The highest BCUT2D eigenvalue weighted by molar-refractivity contribution is 5.73. The van der Waals surface area contributed by atoms with E-state index in [2.05, 4.69) is 12.2 Å². The van der Waals surface area contributed by atoms with Crippen LogP contribution in [-0.4, -0.2) is 31.2 Å². The molecule has 0 radical (unpaired) electrons. The second kappa shape index (κ2) is 6.80. The van der Waals surface area contributed by atoms with Gasteiger partial charge in [0.25, 0.3) is 0 Å². The van der Waals surface area contributed by atoms with Gasteiger partial charge in [0.2, 0.25) is 5.91 Å². The Kier molecular flexibility index (Phi) is 5.65. The lowest BCUT2D eigenvalue weighted by Gasteiger charge is -2.30. The van der Waals surface area contributed by atoms with E-state index in [0.29, 0.717) is 25.1 Å². The molecule has 1 amide bonds. The summed E-state index contributed by atoms with van der Waals surface area (Å²) in [6.07, 6.45) is 5.23. The number of hydrogen-bond acceptors (Lipinski definition) is 3. The first-order valence-corrected chi connectivity index (χ1v) is 5.85. The van der Waals surface area contributed by atoms with Gasteiger partial charge in [-0.25, -0.2) is 0 Å². The molecule has 1 fully saturated rings. The first-order chi connectivity index (χ1) is 7.22. The molecule has 1 saturated heterocycles. The molecular formula is C11H22N2O2. The molecule has 4 nitrogen and oxygen atoms in total. The first-order valence-electron chi connectivity index (χ1n) is 5.85. The van der Waals surface area contributed by atoms with Gasteiger partial charge in [-0.05, 0) is 19.3 Å². The molecule has 1 aliphatic rings. The average Bonchev–Trinajstić information content (AvgIpc) is 2.18. The van der Waals surface area contributed by atoms with E-state index in [4.69, 9.17) is 10.5 Å². The normalized spacial score (nSPS) is 26.5. The third-order valence-corrected chi connectivity index (χ3v) is 2.78. The predicted molar refractivity (Wildman–Crippen MR) is 59.5 cm³/mol. The topological polar surface area (TPSA) is 64.3 Å². The maximum atomic E-state index is 10.6. The maximum Gasteiger partial charge on any atom is 0.218 e. The molecule has 2 unspecified atom stereocenters. The van der Waals surface area contributed by atoms with Crippen LogP contribution in [0.3, 0.4) is 0 Å². The third-order valence-electron chi connectivity index (χ3n) is 2.78. The zero-order chi connectivity index (χ0) is 11.1. The molecule has 4 heteroatoms. The van der Waals surface area contributed by atoms with Crippen LogP contribution in [0, 0.1) is 0 Å². The number of carbonyl (C=O) groups excluding carboxylic acids is 1. The number of amides is 1. The Morgan fingerprint density at radius 2 is 2.40 bits per heavy atom. The molecule has 0 aromatic carbocycles. The van der Waals surface area contributed by atoms with Crippen molar-refractivity contribution < 1.29 is 9.53 Å². The van der Waals surface area contributed by atoms with Gasteiger partial charge in [-0.15, -0.1) is 0 Å². The highest BCUT2D eigenvalue weighted by atomic mass is 16.5. The number of primary amides is 1. The molecular weight excluding hydrogens is 192 g/mol. The van der Waals surface area contributed by atoms with Crippen LogP contribution < -0.4 is 11.1 Å². The van der Waals surface area contributed by atoms with Crippen LogP contribution in [0.25, 0.3) is 0 Å². The number of nitrogens with two attached hydrogens (primary N) is 1. The molecule has 0 aromatic rings. The van der Waals surface area contributed by atoms with Crippen LogP contribution >= 0.6 is 0 Å². The van der Waals surface area contributed by atoms with E-state index in [1.54, 1.807) is 0 Å². The number of hydrogen-bond donors (Lipinski definition) is 2. The fraction of sp³-hybridized carbons (Fsp3) is 0.909. The number of ether oxygens (including phenoxy) is 1. The lowest BCUT2D eigenvalue weighted by molar-refractivity contribution is -0.117. The van der Waals surface area contributed by atoms with Crippen molar-refractivity contribution in [1.82, 2.24) is 5.32 Å². The maximum absolute atomic E-state index is 10.6. The van der Waals surface area contributed by atoms with Crippen LogP contribution in [-0.2, 0) is 9.53 Å². The average molecular weight is 214 g/mol. The SMILES string of the molecule is CCCC1CC(NCCC(N)=O)CCO1. The largest absolute Gasteiger partial charge is 0.378 e. The van der Waals surface area contributed by atoms with E-state index in [-0.39, 0.29) is 5.91 Å². The summed E-state index contributed by atoms with van der Waals surface area (Å²) in [5.74, 6) is -0.236. The molecule has 1 aliphatic heterocycles. The zero-order valence-corrected chi connectivity index (χ0v) is 9.50. The van der Waals surface area contributed by atoms with Crippen molar-refractivity contribution in [3.63, 3.8) is 0 Å². The van der Waals surface area contributed by atoms with E-state index >= 15 is 0 Å². The van der Waals surface area contributed by atoms with Crippen LogP contribution in [0.15, 0.2) is 0 Å². The lowest BCUT2D eigenvalue weighted by Crippen LogP contribution is -2.40. The molecule has 15 heavy (non-hydrogen) atoms. The van der Waals surface area contributed by atoms with Gasteiger partial charge >= 0.3 is 0 Å². The molecule has 0 bridgehead atoms. The van der Waals surface area contributed by atoms with Crippen molar-refractivity contribution in [1.29, 1.82) is 0 Å². The van der Waals surface area contributed by atoms with Gasteiger partial charge in [0.05, 0.1) is 6.10 Å². The summed E-state index contributed by atoms with van der Waals surface area (Å²) in [5, 5.41) is 3.36. The zero-order valence-electron chi connectivity index (χ0n) is 9.50. The Morgan fingerprint density at radius 1 is 1.60 bits per heavy atom. The van der Waals surface area contributed by atoms with Gasteiger partial charge in [0.1, 0.15) is 0 Å². The molecule has 0 aromatic heterocycles. The Bertz CT molecular complexity index is 195. The minimum Gasteiger partial charge on any atom is -0.378 e. The van der Waals surface area contributed by atoms with Gasteiger partial charge in [0, 0.05) is 25.6 Å². The van der Waals surface area contributed by atoms with Crippen molar-refractivity contribution in [2.45, 2.75) is 51.2 Å². The number of nitrogens with one attached hydrogen (secondary N) is 1. The van der Waals surface area contributed by atoms with Gasteiger partial charge in [-0.2, -0.15) is 0 Å². The fourth-order valence-corrected chi connectivity index (χ4v) is 1.99. The van der Waals surface area contributed by atoms with Crippen molar-refractivity contribution in [2.75, 3.05) is 13.2 Å². The highest BCUT2D eigenvalue weighted by Gasteiger charge is 2.21. The molecule has 0 aliphatic carbocycles. The Labute approximate surface area is 91.5 Å². The van der Waals surface area contributed by atoms with E-state index < -0.39 is 0 Å². The predicted octanol–water partition coefficient (Wildman–Crippen LogP) is 0.799. The minimum absolute atomic E-state index is 0.236. The molecule has 0 spiro atoms. The smallest absolute Gasteiger partial charge is 0.218 e. The van der Waals surface area contributed by atoms with Gasteiger partial charge < -0.3 is 15.8 Å². The summed E-state index contributed by atoms with van der Waals surface area (Å²) < 4.78 is 5.64. The second-order valence-corrected chi connectivity index (χ2v) is 4.17. The highest BCUT2D eigenvalue weighted by Crippen LogP contribution is 2.17. The van der Waals surface area contributed by atoms with Gasteiger partial charge in [-0.3, -0.25) is 4.79 Å². The monoisotopic (exact) mass is 214 g/mol. The molecule has 2 atom stereocenters. The Hall–Kier alpha value is -0.610. The van der Waals surface area contributed by atoms with Crippen molar-refractivity contribution in [2.24, 2.45) is 5.73 Å². The van der Waals surface area contributed by atoms with E-state index in [1.807, 2.05) is 0 Å². The van der Waals surface area contributed by atoms with Gasteiger partial charge in [-0.1, -0.05) is 13.3 Å². The van der Waals surface area contributed by atoms with E-state index in [0.717, 1.165) is 25.9 Å².